The van der Waals surface area contributed by atoms with Crippen molar-refractivity contribution in [3.63, 3.8) is 0 Å². The number of nitrogens with one attached hydrogen (secondary N) is 4. The van der Waals surface area contributed by atoms with Crippen LogP contribution < -0.4 is 21.3 Å². The van der Waals surface area contributed by atoms with Gasteiger partial charge in [-0.25, -0.2) is 0 Å². The molecule has 0 unspecified atom stereocenters. The number of aryl methyl sites for hydroxylation is 2. The highest BCUT2D eigenvalue weighted by Gasteiger charge is 2.23. The number of benzene rings is 3. The Morgan fingerprint density at radius 1 is 0.476 bits per heavy atom. The molecule has 0 spiro atoms. The van der Waals surface area contributed by atoms with E-state index in [1.165, 1.54) is 0 Å². The van der Waals surface area contributed by atoms with Gasteiger partial charge in [-0.2, -0.15) is 0 Å². The Morgan fingerprint density at radius 3 is 1.12 bits per heavy atom. The summed E-state index contributed by atoms with van der Waals surface area (Å²) in [5, 5.41) is 12.0. The summed E-state index contributed by atoms with van der Waals surface area (Å²) in [6.07, 6.45) is 3.88. The van der Waals surface area contributed by atoms with Crippen LogP contribution in [0.25, 0.3) is 0 Å². The predicted molar refractivity (Wildman–Crippen MR) is 161 cm³/mol. The van der Waals surface area contributed by atoms with Gasteiger partial charge in [0, 0.05) is 48.4 Å². The zero-order valence-corrected chi connectivity index (χ0v) is 24.2. The van der Waals surface area contributed by atoms with Crippen molar-refractivity contribution in [2.24, 2.45) is 11.8 Å². The molecule has 4 N–H and O–H groups in total. The molecule has 5 aliphatic rings. The van der Waals surface area contributed by atoms with Gasteiger partial charge < -0.3 is 21.3 Å². The van der Waals surface area contributed by atoms with E-state index < -0.39 is 0 Å². The Balaban J connectivity index is 1.34. The molecule has 42 heavy (non-hydrogen) atoms. The molecule has 3 aromatic carbocycles. The van der Waals surface area contributed by atoms with Crippen molar-refractivity contribution in [1.82, 2.24) is 21.3 Å². The van der Waals surface area contributed by atoms with E-state index in [1.54, 1.807) is 36.4 Å². The van der Waals surface area contributed by atoms with Crippen molar-refractivity contribution in [1.29, 1.82) is 0 Å². The fourth-order valence-electron chi connectivity index (χ4n) is 5.75. The minimum Gasteiger partial charge on any atom is -0.352 e. The highest BCUT2D eigenvalue weighted by molar-refractivity contribution is 6.01. The van der Waals surface area contributed by atoms with Crippen LogP contribution in [-0.4, -0.2) is 36.7 Å². The third kappa shape index (κ3) is 7.43. The molecule has 1 aliphatic carbocycles. The summed E-state index contributed by atoms with van der Waals surface area (Å²) in [5.41, 5.74) is 5.36. The van der Waals surface area contributed by atoms with Crippen molar-refractivity contribution >= 4 is 23.6 Å². The van der Waals surface area contributed by atoms with Crippen LogP contribution >= 0.6 is 0 Å². The van der Waals surface area contributed by atoms with Crippen LogP contribution in [0.2, 0.25) is 0 Å². The maximum absolute atomic E-state index is 13.0. The highest BCUT2D eigenvalue weighted by Crippen LogP contribution is 2.28. The molecule has 1 saturated carbocycles. The monoisotopic (exact) mass is 566 g/mol. The van der Waals surface area contributed by atoms with Gasteiger partial charge in [0.05, 0.1) is 0 Å². The number of hydrogen-bond donors (Lipinski definition) is 4. The SMILES string of the molecule is Cc1cc2cc(c1)C(=O)NCC1CCC(CC1)CNC(=O)c1cc(C)cc(c1)C(=O)NCc1ccc(cc1)CNC2=O. The van der Waals surface area contributed by atoms with Crippen LogP contribution in [0, 0.1) is 25.7 Å². The minimum absolute atomic E-state index is 0.177. The minimum atomic E-state index is -0.242. The molecule has 3 aromatic rings. The second kappa shape index (κ2) is 13.0. The average molecular weight is 567 g/mol. The van der Waals surface area contributed by atoms with Crippen LogP contribution in [0.3, 0.4) is 0 Å². The molecule has 4 aliphatic heterocycles. The summed E-state index contributed by atoms with van der Waals surface area (Å²) in [4.78, 5) is 51.9. The molecule has 0 aromatic heterocycles. The molecular formula is C34H38N4O4. The molecule has 8 nitrogen and oxygen atoms in total. The van der Waals surface area contributed by atoms with E-state index in [4.69, 9.17) is 0 Å². The summed E-state index contributed by atoms with van der Waals surface area (Å²) in [7, 11) is 0. The van der Waals surface area contributed by atoms with Crippen LogP contribution in [0.15, 0.2) is 60.7 Å². The molecule has 8 bridgehead atoms. The second-order valence-electron chi connectivity index (χ2n) is 11.7. The molecule has 8 rings (SSSR count). The molecule has 8 heteroatoms. The first kappa shape index (κ1) is 29.0. The van der Waals surface area contributed by atoms with Gasteiger partial charge in [0.1, 0.15) is 0 Å². The zero-order valence-electron chi connectivity index (χ0n) is 24.2. The van der Waals surface area contributed by atoms with Crippen molar-refractivity contribution in [2.75, 3.05) is 13.1 Å². The van der Waals surface area contributed by atoms with Crippen molar-refractivity contribution in [3.8, 4) is 0 Å². The van der Waals surface area contributed by atoms with E-state index in [2.05, 4.69) is 21.3 Å². The topological polar surface area (TPSA) is 116 Å². The van der Waals surface area contributed by atoms with Crippen LogP contribution in [0.1, 0.15) is 89.4 Å². The van der Waals surface area contributed by atoms with Gasteiger partial charge >= 0.3 is 0 Å². The molecule has 218 valence electrons. The maximum Gasteiger partial charge on any atom is 0.251 e. The summed E-state index contributed by atoms with van der Waals surface area (Å²) in [5.74, 6) is -0.0953. The van der Waals surface area contributed by atoms with Gasteiger partial charge in [-0.3, -0.25) is 19.2 Å². The van der Waals surface area contributed by atoms with Gasteiger partial charge in [0.15, 0.2) is 0 Å². The summed E-state index contributed by atoms with van der Waals surface area (Å²) in [6.45, 7) is 5.58. The summed E-state index contributed by atoms with van der Waals surface area (Å²) >= 11 is 0. The normalized spacial score (nSPS) is 20.3. The number of amides is 4. The quantitative estimate of drug-likeness (QED) is 0.322. The number of carbonyl (C=O) groups excluding carboxylic acids is 4. The number of carbonyl (C=O) groups is 4. The Hall–Kier alpha value is -4.46. The molecule has 4 amide bonds. The van der Waals surface area contributed by atoms with Crippen LogP contribution in [0.5, 0.6) is 0 Å². The lowest BCUT2D eigenvalue weighted by Crippen LogP contribution is -2.35. The molecule has 0 radical (unpaired) electrons. The average Bonchev–Trinajstić information content (AvgIpc) is 3.00. The van der Waals surface area contributed by atoms with Gasteiger partial charge in [-0.1, -0.05) is 24.3 Å². The predicted octanol–water partition coefficient (Wildman–Crippen LogP) is 4.44. The van der Waals surface area contributed by atoms with Gasteiger partial charge in [0.25, 0.3) is 23.6 Å². The summed E-state index contributed by atoms with van der Waals surface area (Å²) in [6, 6.07) is 18.1. The lowest BCUT2D eigenvalue weighted by molar-refractivity contribution is 0.0920. The third-order valence-corrected chi connectivity index (χ3v) is 8.20. The van der Waals surface area contributed by atoms with Crippen LogP contribution in [0.4, 0.5) is 0 Å². The first-order valence-electron chi connectivity index (χ1n) is 14.7. The second-order valence-corrected chi connectivity index (χ2v) is 11.7. The van der Waals surface area contributed by atoms with E-state index in [-0.39, 0.29) is 23.6 Å². The van der Waals surface area contributed by atoms with Gasteiger partial charge in [-0.15, -0.1) is 0 Å². The Bertz CT molecular complexity index is 1380. The Morgan fingerprint density at radius 2 is 0.786 bits per heavy atom. The molecule has 0 atom stereocenters. The number of rotatable bonds is 0. The smallest absolute Gasteiger partial charge is 0.251 e. The van der Waals surface area contributed by atoms with Crippen molar-refractivity contribution < 1.29 is 19.2 Å². The molecule has 0 saturated heterocycles. The standard InChI is InChI=1S/C34H38N4O4/c1-21-11-27-15-28(12-21)32(40)36-18-24-5-9-26(10-6-24)20-38-34(42)30-14-22(2)13-29(16-30)33(41)37-19-25-7-3-23(4-8-25)17-35-31(27)39/h3-4,7-8,11-16,24,26H,5-6,9-10,17-20H2,1-2H3,(H,35,39)(H,36,40)(H,37,41)(H,38,42). The first-order chi connectivity index (χ1) is 20.2. The number of hydrogen-bond acceptors (Lipinski definition) is 4. The fraction of sp³-hybridized carbons (Fsp3) is 0.353. The first-order valence-corrected chi connectivity index (χ1v) is 14.7. The van der Waals surface area contributed by atoms with E-state index in [9.17, 15) is 19.2 Å². The Kier molecular flexibility index (Phi) is 9.00. The van der Waals surface area contributed by atoms with Gasteiger partial charge in [0.2, 0.25) is 0 Å². The van der Waals surface area contributed by atoms with E-state index >= 15 is 0 Å². The van der Waals surface area contributed by atoms with Gasteiger partial charge in [-0.05, 0) is 110 Å². The van der Waals surface area contributed by atoms with Crippen LogP contribution in [-0.2, 0) is 13.1 Å². The molecular weight excluding hydrogens is 528 g/mol. The molecule has 4 heterocycles. The highest BCUT2D eigenvalue weighted by atomic mass is 16.2. The van der Waals surface area contributed by atoms with Crippen molar-refractivity contribution in [3.05, 3.63) is 105 Å². The summed E-state index contributed by atoms with van der Waals surface area (Å²) < 4.78 is 0. The largest absolute Gasteiger partial charge is 0.352 e. The fourth-order valence-corrected chi connectivity index (χ4v) is 5.75. The Labute approximate surface area is 246 Å². The zero-order chi connectivity index (χ0) is 29.6. The maximum atomic E-state index is 13.0. The molecule has 1 fully saturated rings. The van der Waals surface area contributed by atoms with Crippen molar-refractivity contribution in [2.45, 2.75) is 52.6 Å². The van der Waals surface area contributed by atoms with E-state index in [0.717, 1.165) is 47.9 Å². The van der Waals surface area contributed by atoms with E-state index in [0.29, 0.717) is 60.3 Å². The van der Waals surface area contributed by atoms with E-state index in [1.807, 2.05) is 38.1 Å². The lowest BCUT2D eigenvalue weighted by Gasteiger charge is -2.28. The third-order valence-electron chi connectivity index (χ3n) is 8.20. The lowest BCUT2D eigenvalue weighted by atomic mass is 9.82.